The zero-order valence-corrected chi connectivity index (χ0v) is 22.7. The molecule has 1 fully saturated rings. The molecule has 1 saturated heterocycles. The minimum absolute atomic E-state index is 0.0461. The molecule has 0 spiro atoms. The lowest BCUT2D eigenvalue weighted by molar-refractivity contribution is -0.181. The average Bonchev–Trinajstić information content (AvgIpc) is 3.61. The quantitative estimate of drug-likeness (QED) is 0.394. The van der Waals surface area contributed by atoms with Crippen LogP contribution < -0.4 is 25.0 Å². The molecule has 1 unspecified atom stereocenters. The van der Waals surface area contributed by atoms with E-state index in [2.05, 4.69) is 25.7 Å². The second kappa shape index (κ2) is 12.4. The van der Waals surface area contributed by atoms with Crippen LogP contribution >= 0.6 is 0 Å². The number of ether oxygens (including phenoxy) is 2. The first-order valence-electron chi connectivity index (χ1n) is 12.3. The van der Waals surface area contributed by atoms with Crippen LogP contribution in [0.25, 0.3) is 5.65 Å². The maximum absolute atomic E-state index is 13.5. The zero-order valence-electron chi connectivity index (χ0n) is 22.7. The van der Waals surface area contributed by atoms with Crippen LogP contribution in [-0.2, 0) is 15.0 Å². The molecule has 3 aromatic rings. The van der Waals surface area contributed by atoms with Crippen LogP contribution in [0.2, 0.25) is 0 Å². The van der Waals surface area contributed by atoms with Gasteiger partial charge in [0, 0.05) is 31.8 Å². The van der Waals surface area contributed by atoms with Crippen LogP contribution in [0, 0.1) is 13.8 Å². The number of pyridine rings is 1. The molecular weight excluding hydrogens is 535 g/mol. The highest BCUT2D eigenvalue weighted by atomic mass is 19.4. The van der Waals surface area contributed by atoms with Gasteiger partial charge in [0.05, 0.1) is 30.4 Å². The van der Waals surface area contributed by atoms with E-state index in [1.807, 2.05) is 20.0 Å². The Kier molecular flexibility index (Phi) is 9.40. The van der Waals surface area contributed by atoms with Crippen molar-refractivity contribution in [1.29, 1.82) is 0 Å². The van der Waals surface area contributed by atoms with Gasteiger partial charge < -0.3 is 30.1 Å². The van der Waals surface area contributed by atoms with Gasteiger partial charge in [-0.05, 0) is 39.8 Å². The third kappa shape index (κ3) is 6.03. The molecule has 0 saturated carbocycles. The van der Waals surface area contributed by atoms with E-state index in [1.165, 1.54) is 10.7 Å². The first-order chi connectivity index (χ1) is 18.9. The summed E-state index contributed by atoms with van der Waals surface area (Å²) in [6.45, 7) is 5.89. The summed E-state index contributed by atoms with van der Waals surface area (Å²) in [7, 11) is 3.48. The Labute approximate surface area is 228 Å². The molecule has 1 amide bonds. The number of aryl methyl sites for hydroxylation is 2. The van der Waals surface area contributed by atoms with Crippen molar-refractivity contribution in [2.75, 3.05) is 44.0 Å². The number of nitrogens with zero attached hydrogens (tertiary/aromatic N) is 5. The summed E-state index contributed by atoms with van der Waals surface area (Å²) in [4.78, 5) is 28.9. The number of aromatic nitrogens is 4. The summed E-state index contributed by atoms with van der Waals surface area (Å²) >= 11 is 0. The predicted molar refractivity (Wildman–Crippen MR) is 140 cm³/mol. The molecule has 0 aromatic carbocycles. The largest absolute Gasteiger partial charge is 0.491 e. The van der Waals surface area contributed by atoms with Gasteiger partial charge in [0.25, 0.3) is 12.4 Å². The zero-order chi connectivity index (χ0) is 29.7. The molecule has 0 radical (unpaired) electrons. The van der Waals surface area contributed by atoms with E-state index in [4.69, 9.17) is 19.4 Å². The fraction of sp³-hybridized carbons (Fsp3) is 0.480. The number of methoxy groups -OCH3 is 1. The number of rotatable bonds is 5. The number of nitrogens with one attached hydrogen (secondary N) is 2. The third-order valence-electron chi connectivity index (χ3n) is 6.54. The van der Waals surface area contributed by atoms with Crippen LogP contribution in [0.3, 0.4) is 0 Å². The number of carboxylic acid groups (broad SMARTS) is 1. The predicted octanol–water partition coefficient (Wildman–Crippen LogP) is 2.72. The Morgan fingerprint density at radius 3 is 2.52 bits per heavy atom. The first kappa shape index (κ1) is 30.4. The van der Waals surface area contributed by atoms with Gasteiger partial charge in [-0.1, -0.05) is 0 Å². The van der Waals surface area contributed by atoms with Gasteiger partial charge in [0.2, 0.25) is 6.41 Å². The molecule has 40 heavy (non-hydrogen) atoms. The van der Waals surface area contributed by atoms with E-state index < -0.39 is 18.1 Å². The molecule has 3 N–H and O–H groups in total. The van der Waals surface area contributed by atoms with Crippen molar-refractivity contribution < 1.29 is 37.3 Å². The van der Waals surface area contributed by atoms with Crippen LogP contribution in [0.4, 0.5) is 24.7 Å². The summed E-state index contributed by atoms with van der Waals surface area (Å²) in [6.07, 6.45) is -1.62. The van der Waals surface area contributed by atoms with Crippen molar-refractivity contribution in [2.24, 2.45) is 0 Å². The summed E-state index contributed by atoms with van der Waals surface area (Å²) in [5.41, 5.74) is -0.133. The maximum Gasteiger partial charge on any atom is 0.401 e. The lowest BCUT2D eigenvalue weighted by Gasteiger charge is -2.27. The molecule has 218 valence electrons. The van der Waals surface area contributed by atoms with Crippen LogP contribution in [-0.4, -0.2) is 83.6 Å². The summed E-state index contributed by atoms with van der Waals surface area (Å²) in [5, 5.41) is 17.2. The minimum atomic E-state index is -4.49. The molecule has 2 atom stereocenters. The van der Waals surface area contributed by atoms with E-state index in [1.54, 1.807) is 20.1 Å². The van der Waals surface area contributed by atoms with E-state index in [0.717, 1.165) is 48.5 Å². The van der Waals surface area contributed by atoms with E-state index in [0.29, 0.717) is 23.6 Å². The molecule has 5 rings (SSSR count). The van der Waals surface area contributed by atoms with Gasteiger partial charge in [-0.2, -0.15) is 23.3 Å². The van der Waals surface area contributed by atoms with Crippen LogP contribution in [0.1, 0.15) is 30.3 Å². The second-order valence-electron chi connectivity index (χ2n) is 9.36. The Morgan fingerprint density at radius 1 is 1.27 bits per heavy atom. The standard InChI is InChI=1S/C12H11F3N4O.C12H19N3O2.CH2O2/c1-7-3-9-16-4-8-10(19(9)17-7)11(2,12(13,14)15)5-18(8)6-20;1-8-6-10(13-2)15-12(11(8)16-3)17-9-4-5-14-7-9;2-1-3/h3-4,6H,5H2,1-2H3;6,9,14H,4-5,7H2,1-3H3,(H,13,15);1H,(H,2,3)/t11-;;/m1../s1. The SMILES string of the molecule is CNc1cc(C)c(OC)c(OC2CCNC2)n1.Cc1cc2ncc3c(n2n1)[C@](C)(C(F)(F)F)CN3C=O.O=CO. The van der Waals surface area contributed by atoms with Gasteiger partial charge in [-0.3, -0.25) is 9.59 Å². The fourth-order valence-electron chi connectivity index (χ4n) is 4.56. The molecule has 15 heteroatoms. The Balaban J connectivity index is 0.000000203. The maximum atomic E-state index is 13.5. The molecule has 0 bridgehead atoms. The Hall–Kier alpha value is -4.14. The molecule has 3 aromatic heterocycles. The molecule has 2 aliphatic rings. The summed E-state index contributed by atoms with van der Waals surface area (Å²) < 4.78 is 52.8. The topological polar surface area (TPSA) is 143 Å². The third-order valence-corrected chi connectivity index (χ3v) is 6.54. The van der Waals surface area contributed by atoms with Crippen molar-refractivity contribution in [3.05, 3.63) is 35.3 Å². The van der Waals surface area contributed by atoms with Gasteiger partial charge in [-0.25, -0.2) is 9.50 Å². The van der Waals surface area contributed by atoms with Crippen molar-refractivity contribution >= 4 is 30.0 Å². The van der Waals surface area contributed by atoms with Crippen molar-refractivity contribution in [1.82, 2.24) is 24.9 Å². The molecular formula is C25H32F3N7O5. The lowest BCUT2D eigenvalue weighted by Crippen LogP contribution is -2.44. The number of alkyl halides is 3. The normalized spacial score (nSPS) is 19.6. The van der Waals surface area contributed by atoms with Crippen molar-refractivity contribution in [3.8, 4) is 11.6 Å². The highest BCUT2D eigenvalue weighted by molar-refractivity contribution is 5.81. The number of hydrogen-bond acceptors (Lipinski definition) is 9. The monoisotopic (exact) mass is 567 g/mol. The number of halogens is 3. The Morgan fingerprint density at radius 2 is 1.98 bits per heavy atom. The van der Waals surface area contributed by atoms with E-state index >= 15 is 0 Å². The highest BCUT2D eigenvalue weighted by Crippen LogP contribution is 2.49. The lowest BCUT2D eigenvalue weighted by atomic mass is 9.88. The Bertz CT molecular complexity index is 1340. The number of amides is 1. The van der Waals surface area contributed by atoms with Crippen LogP contribution in [0.5, 0.6) is 11.6 Å². The number of carbonyl (C=O) groups excluding carboxylic acids is 1. The molecule has 12 nitrogen and oxygen atoms in total. The van der Waals surface area contributed by atoms with E-state index in [9.17, 15) is 18.0 Å². The highest BCUT2D eigenvalue weighted by Gasteiger charge is 2.59. The fourth-order valence-corrected chi connectivity index (χ4v) is 4.56. The number of hydrogen-bond donors (Lipinski definition) is 3. The van der Waals surface area contributed by atoms with Gasteiger partial charge in [0.15, 0.2) is 11.4 Å². The van der Waals surface area contributed by atoms with Crippen LogP contribution in [0.15, 0.2) is 18.3 Å². The minimum Gasteiger partial charge on any atom is -0.491 e. The second-order valence-corrected chi connectivity index (χ2v) is 9.36. The summed E-state index contributed by atoms with van der Waals surface area (Å²) in [6, 6.07) is 3.54. The summed E-state index contributed by atoms with van der Waals surface area (Å²) in [5.74, 6) is 2.09. The van der Waals surface area contributed by atoms with Crippen molar-refractivity contribution in [3.63, 3.8) is 0 Å². The number of anilines is 2. The van der Waals surface area contributed by atoms with Gasteiger partial charge in [-0.15, -0.1) is 0 Å². The van der Waals surface area contributed by atoms with Crippen molar-refractivity contribution in [2.45, 2.75) is 44.9 Å². The first-order valence-corrected chi connectivity index (χ1v) is 12.3. The average molecular weight is 568 g/mol. The van der Waals surface area contributed by atoms with Gasteiger partial charge >= 0.3 is 6.18 Å². The smallest absolute Gasteiger partial charge is 0.401 e. The van der Waals surface area contributed by atoms with Gasteiger partial charge in [0.1, 0.15) is 17.3 Å². The molecule has 5 heterocycles. The van der Waals surface area contributed by atoms with E-state index in [-0.39, 0.29) is 24.0 Å². The number of fused-ring (bicyclic) bond motifs is 3. The molecule has 2 aliphatic heterocycles. The number of carbonyl (C=O) groups is 2. The molecule has 0 aliphatic carbocycles.